The van der Waals surface area contributed by atoms with E-state index in [2.05, 4.69) is 26.0 Å². The van der Waals surface area contributed by atoms with Gasteiger partial charge in [-0.2, -0.15) is 8.78 Å². The fourth-order valence-corrected chi connectivity index (χ4v) is 3.51. The van der Waals surface area contributed by atoms with E-state index in [1.54, 1.807) is 25.1 Å². The lowest BCUT2D eigenvalue weighted by Crippen LogP contribution is -2.55. The second-order valence-corrected chi connectivity index (χ2v) is 6.90. The topological polar surface area (TPSA) is 56.5 Å². The van der Waals surface area contributed by atoms with Crippen LogP contribution < -0.4 is 15.8 Å². The molecular weight excluding hydrogens is 394 g/mol. The lowest BCUT2D eigenvalue weighted by atomic mass is 9.84. The van der Waals surface area contributed by atoms with Gasteiger partial charge in [-0.1, -0.05) is 34.1 Å². The van der Waals surface area contributed by atoms with Gasteiger partial charge in [0.25, 0.3) is 0 Å². The molecule has 1 aliphatic heterocycles. The molecule has 0 radical (unpaired) electrons. The van der Waals surface area contributed by atoms with Crippen LogP contribution in [0.2, 0.25) is 0 Å². The Morgan fingerprint density at radius 3 is 2.68 bits per heavy atom. The van der Waals surface area contributed by atoms with Crippen LogP contribution in [0.3, 0.4) is 0 Å². The van der Waals surface area contributed by atoms with E-state index in [9.17, 15) is 8.78 Å². The molecule has 0 spiro atoms. The third kappa shape index (κ3) is 3.84. The summed E-state index contributed by atoms with van der Waals surface area (Å²) in [6.45, 7) is -0.0662. The minimum atomic E-state index is -2.86. The second kappa shape index (κ2) is 7.37. The number of nitrogens with one attached hydrogen (secondary N) is 1. The van der Waals surface area contributed by atoms with E-state index in [-0.39, 0.29) is 5.75 Å². The van der Waals surface area contributed by atoms with Crippen molar-refractivity contribution in [3.05, 3.63) is 63.6 Å². The zero-order chi connectivity index (χ0) is 18.0. The highest BCUT2D eigenvalue weighted by Gasteiger charge is 2.40. The van der Waals surface area contributed by atoms with Crippen LogP contribution in [-0.2, 0) is 10.3 Å². The second-order valence-electron chi connectivity index (χ2n) is 5.98. The Morgan fingerprint density at radius 1 is 1.28 bits per heavy atom. The SMILES string of the molecule is Cc1cc(C2(c3cccc(Br)c3)CNCC(N)O2)ccc1OC(F)F. The largest absolute Gasteiger partial charge is 0.435 e. The molecule has 25 heavy (non-hydrogen) atoms. The van der Waals surface area contributed by atoms with Crippen molar-refractivity contribution in [2.24, 2.45) is 5.73 Å². The molecule has 2 unspecified atom stereocenters. The molecule has 2 aromatic rings. The molecule has 4 nitrogen and oxygen atoms in total. The molecule has 0 amide bonds. The number of rotatable bonds is 4. The van der Waals surface area contributed by atoms with E-state index in [1.165, 1.54) is 0 Å². The molecule has 0 aliphatic carbocycles. The molecule has 0 saturated carbocycles. The van der Waals surface area contributed by atoms with Crippen LogP contribution in [0.5, 0.6) is 5.75 Å². The van der Waals surface area contributed by atoms with E-state index in [4.69, 9.17) is 10.5 Å². The molecule has 0 bridgehead atoms. The van der Waals surface area contributed by atoms with Crippen LogP contribution in [0.25, 0.3) is 0 Å². The van der Waals surface area contributed by atoms with Crippen LogP contribution in [0, 0.1) is 6.92 Å². The standard InChI is InChI=1S/C18H19BrF2N2O2/c1-11-7-13(5-6-15(11)24-17(20)21)18(10-23-9-16(22)25-18)12-3-2-4-14(19)8-12/h2-8,16-17,23H,9-10,22H2,1H3. The lowest BCUT2D eigenvalue weighted by molar-refractivity contribution is -0.0931. The highest BCUT2D eigenvalue weighted by molar-refractivity contribution is 9.10. The van der Waals surface area contributed by atoms with Crippen molar-refractivity contribution in [1.82, 2.24) is 5.32 Å². The molecule has 3 rings (SSSR count). The third-order valence-corrected chi connectivity index (χ3v) is 4.71. The molecule has 1 aliphatic rings. The number of nitrogens with two attached hydrogens (primary N) is 1. The summed E-state index contributed by atoms with van der Waals surface area (Å²) in [6.07, 6.45) is -0.481. The number of halogens is 3. The zero-order valence-electron chi connectivity index (χ0n) is 13.6. The van der Waals surface area contributed by atoms with Crippen LogP contribution >= 0.6 is 15.9 Å². The summed E-state index contributed by atoms with van der Waals surface area (Å²) < 4.78 is 36.7. The van der Waals surface area contributed by atoms with Crippen LogP contribution in [-0.4, -0.2) is 25.9 Å². The Hall–Kier alpha value is -1.54. The number of benzene rings is 2. The maximum absolute atomic E-state index is 12.5. The first kappa shape index (κ1) is 18.3. The normalized spacial score (nSPS) is 23.7. The van der Waals surface area contributed by atoms with Gasteiger partial charge in [-0.15, -0.1) is 0 Å². The maximum atomic E-state index is 12.5. The average molecular weight is 413 g/mol. The summed E-state index contributed by atoms with van der Waals surface area (Å²) in [5.74, 6) is 0.149. The molecular formula is C18H19BrF2N2O2. The Kier molecular flexibility index (Phi) is 5.38. The molecule has 0 aromatic heterocycles. The summed E-state index contributed by atoms with van der Waals surface area (Å²) in [7, 11) is 0. The first-order valence-corrected chi connectivity index (χ1v) is 8.66. The molecule has 1 saturated heterocycles. The molecule has 2 atom stereocenters. The summed E-state index contributed by atoms with van der Waals surface area (Å²) in [5.41, 5.74) is 7.58. The van der Waals surface area contributed by atoms with Crippen molar-refractivity contribution in [3.63, 3.8) is 0 Å². The third-order valence-electron chi connectivity index (χ3n) is 4.22. The van der Waals surface area contributed by atoms with Gasteiger partial charge < -0.3 is 20.5 Å². The van der Waals surface area contributed by atoms with Gasteiger partial charge in [0.2, 0.25) is 0 Å². The fourth-order valence-electron chi connectivity index (χ4n) is 3.11. The molecule has 3 N–H and O–H groups in total. The highest BCUT2D eigenvalue weighted by atomic mass is 79.9. The summed E-state index contributed by atoms with van der Waals surface area (Å²) in [6, 6.07) is 12.9. The number of aryl methyl sites for hydroxylation is 1. The van der Waals surface area contributed by atoms with Crippen LogP contribution in [0.4, 0.5) is 8.78 Å². The van der Waals surface area contributed by atoms with Gasteiger partial charge in [0.05, 0.1) is 0 Å². The van der Waals surface area contributed by atoms with E-state index in [1.807, 2.05) is 24.3 Å². The van der Waals surface area contributed by atoms with Crippen molar-refractivity contribution in [1.29, 1.82) is 0 Å². The Bertz CT molecular complexity index is 760. The Labute approximate surface area is 153 Å². The van der Waals surface area contributed by atoms with Crippen molar-refractivity contribution in [2.75, 3.05) is 13.1 Å². The van der Waals surface area contributed by atoms with Crippen molar-refractivity contribution in [2.45, 2.75) is 25.4 Å². The van der Waals surface area contributed by atoms with E-state index in [0.717, 1.165) is 15.6 Å². The summed E-state index contributed by atoms with van der Waals surface area (Å²) in [5, 5.41) is 3.29. The lowest BCUT2D eigenvalue weighted by Gasteiger charge is -2.41. The highest BCUT2D eigenvalue weighted by Crippen LogP contribution is 2.38. The van der Waals surface area contributed by atoms with E-state index in [0.29, 0.717) is 18.7 Å². The fraction of sp³-hybridized carbons (Fsp3) is 0.333. The van der Waals surface area contributed by atoms with Gasteiger partial charge in [-0.3, -0.25) is 0 Å². The predicted octanol–water partition coefficient (Wildman–Crippen LogP) is 3.51. The van der Waals surface area contributed by atoms with Gasteiger partial charge in [0, 0.05) is 17.6 Å². The zero-order valence-corrected chi connectivity index (χ0v) is 15.2. The van der Waals surface area contributed by atoms with Gasteiger partial charge >= 0.3 is 6.61 Å². The smallest absolute Gasteiger partial charge is 0.387 e. The van der Waals surface area contributed by atoms with E-state index >= 15 is 0 Å². The summed E-state index contributed by atoms with van der Waals surface area (Å²) in [4.78, 5) is 0. The van der Waals surface area contributed by atoms with Crippen LogP contribution in [0.15, 0.2) is 46.9 Å². The number of ether oxygens (including phenoxy) is 2. The summed E-state index contributed by atoms with van der Waals surface area (Å²) >= 11 is 3.48. The predicted molar refractivity (Wildman–Crippen MR) is 94.7 cm³/mol. The molecule has 134 valence electrons. The maximum Gasteiger partial charge on any atom is 0.387 e. The minimum absolute atomic E-state index is 0.149. The molecule has 1 fully saturated rings. The van der Waals surface area contributed by atoms with Gasteiger partial charge in [-0.25, -0.2) is 0 Å². The Morgan fingerprint density at radius 2 is 2.04 bits per heavy atom. The van der Waals surface area contributed by atoms with Gasteiger partial charge in [0.1, 0.15) is 17.6 Å². The number of alkyl halides is 2. The van der Waals surface area contributed by atoms with Crippen LogP contribution in [0.1, 0.15) is 16.7 Å². The first-order valence-electron chi connectivity index (χ1n) is 7.87. The van der Waals surface area contributed by atoms with Crippen molar-refractivity contribution >= 4 is 15.9 Å². The monoisotopic (exact) mass is 412 g/mol. The van der Waals surface area contributed by atoms with Gasteiger partial charge in [0.15, 0.2) is 0 Å². The molecule has 2 aromatic carbocycles. The van der Waals surface area contributed by atoms with Gasteiger partial charge in [-0.05, 0) is 47.9 Å². The minimum Gasteiger partial charge on any atom is -0.435 e. The van der Waals surface area contributed by atoms with E-state index < -0.39 is 18.4 Å². The number of morpholine rings is 1. The van der Waals surface area contributed by atoms with Crippen molar-refractivity contribution < 1.29 is 18.3 Å². The first-order chi connectivity index (χ1) is 11.9. The average Bonchev–Trinajstić information content (AvgIpc) is 2.56. The quantitative estimate of drug-likeness (QED) is 0.806. The number of hydrogen-bond donors (Lipinski definition) is 2. The van der Waals surface area contributed by atoms with Crippen molar-refractivity contribution in [3.8, 4) is 5.75 Å². The molecule has 1 heterocycles. The molecule has 7 heteroatoms. The number of hydrogen-bond acceptors (Lipinski definition) is 4. The Balaban J connectivity index is 2.08.